The van der Waals surface area contributed by atoms with Gasteiger partial charge in [-0.3, -0.25) is 14.2 Å². The minimum Gasteiger partial charge on any atom is -0.460 e. The number of para-hydroxylation sites is 1. The van der Waals surface area contributed by atoms with Gasteiger partial charge in [-0.25, -0.2) is 14.9 Å². The molecule has 28 heavy (non-hydrogen) atoms. The number of carbonyl (C=O) groups excluding carboxylic acids is 1. The number of furan rings is 1. The molecule has 146 valence electrons. The van der Waals surface area contributed by atoms with Gasteiger partial charge in [0.25, 0.3) is 5.56 Å². The van der Waals surface area contributed by atoms with Crippen LogP contribution in [0.5, 0.6) is 0 Å². The third-order valence-electron chi connectivity index (χ3n) is 4.05. The van der Waals surface area contributed by atoms with Gasteiger partial charge in [-0.2, -0.15) is 10.2 Å². The van der Waals surface area contributed by atoms with Crippen molar-refractivity contribution < 1.29 is 9.21 Å². The van der Waals surface area contributed by atoms with Gasteiger partial charge in [-0.05, 0) is 6.07 Å². The predicted molar refractivity (Wildman–Crippen MR) is 107 cm³/mol. The summed E-state index contributed by atoms with van der Waals surface area (Å²) in [4.78, 5) is 35.7. The number of nitrogens with zero attached hydrogens (tertiary/aromatic N) is 4. The number of aryl methyl sites for hydroxylation is 2. The highest BCUT2D eigenvalue weighted by Gasteiger charge is 2.12. The maximum atomic E-state index is 12.0. The number of aromatic nitrogens is 3. The van der Waals surface area contributed by atoms with Crippen molar-refractivity contribution in [2.24, 2.45) is 19.2 Å². The molecule has 0 aliphatic rings. The Morgan fingerprint density at radius 2 is 2.07 bits per heavy atom. The Balaban J connectivity index is 1.67. The van der Waals surface area contributed by atoms with E-state index in [1.807, 2.05) is 31.2 Å². The van der Waals surface area contributed by atoms with Gasteiger partial charge in [0, 0.05) is 31.5 Å². The van der Waals surface area contributed by atoms with Gasteiger partial charge >= 0.3 is 5.69 Å². The Kier molecular flexibility index (Phi) is 5.78. The van der Waals surface area contributed by atoms with Crippen molar-refractivity contribution >= 4 is 34.9 Å². The fraction of sp³-hybridized carbons (Fsp3) is 0.278. The lowest BCUT2D eigenvalue weighted by Gasteiger charge is -2.04. The first-order valence-electron chi connectivity index (χ1n) is 8.51. The standard InChI is InChI=1S/C18H19N5O4S/c1-4-13-12(11-7-5-6-8-14(11)27-13)9-19-20-15(24)10-28-16-17(25)22(2)18(26)23(3)21-16/h5-9H,4,10H2,1-3H3,(H,20,24)/b19-9-. The van der Waals surface area contributed by atoms with Crippen molar-refractivity contribution in [1.29, 1.82) is 0 Å². The molecular formula is C18H19N5O4S. The van der Waals surface area contributed by atoms with Crippen LogP contribution in [0.3, 0.4) is 0 Å². The van der Waals surface area contributed by atoms with Crippen LogP contribution in [0.1, 0.15) is 18.2 Å². The van der Waals surface area contributed by atoms with E-state index < -0.39 is 17.2 Å². The Bertz CT molecular complexity index is 1170. The number of hydrogen-bond acceptors (Lipinski definition) is 7. The number of benzene rings is 1. The molecule has 0 fully saturated rings. The van der Waals surface area contributed by atoms with Crippen LogP contribution in [0.2, 0.25) is 0 Å². The molecule has 1 aromatic carbocycles. The molecular weight excluding hydrogens is 382 g/mol. The first-order valence-corrected chi connectivity index (χ1v) is 9.50. The van der Waals surface area contributed by atoms with Gasteiger partial charge in [0.2, 0.25) is 5.91 Å². The normalized spacial score (nSPS) is 11.4. The number of carbonyl (C=O) groups is 1. The second kappa shape index (κ2) is 8.26. The van der Waals surface area contributed by atoms with Crippen LogP contribution >= 0.6 is 11.8 Å². The topological polar surface area (TPSA) is 111 Å². The summed E-state index contributed by atoms with van der Waals surface area (Å²) in [6.45, 7) is 1.98. The summed E-state index contributed by atoms with van der Waals surface area (Å²) in [6, 6.07) is 7.60. The molecule has 10 heteroatoms. The van der Waals surface area contributed by atoms with Crippen molar-refractivity contribution in [2.45, 2.75) is 18.4 Å². The number of thioether (sulfide) groups is 1. The molecule has 0 unspecified atom stereocenters. The van der Waals surface area contributed by atoms with Crippen molar-refractivity contribution in [3.63, 3.8) is 0 Å². The van der Waals surface area contributed by atoms with Crippen molar-refractivity contribution in [3.05, 3.63) is 56.4 Å². The average molecular weight is 401 g/mol. The molecule has 0 bridgehead atoms. The van der Waals surface area contributed by atoms with Crippen molar-refractivity contribution in [3.8, 4) is 0 Å². The molecule has 2 aromatic heterocycles. The number of hydrazone groups is 1. The van der Waals surface area contributed by atoms with Crippen LogP contribution in [0.25, 0.3) is 11.0 Å². The third kappa shape index (κ3) is 3.91. The molecule has 3 aromatic rings. The smallest absolute Gasteiger partial charge is 0.346 e. The van der Waals surface area contributed by atoms with E-state index in [9.17, 15) is 14.4 Å². The Hall–Kier alpha value is -3.14. The quantitative estimate of drug-likeness (QED) is 0.375. The predicted octanol–water partition coefficient (Wildman–Crippen LogP) is 1.03. The van der Waals surface area contributed by atoms with Gasteiger partial charge in [-0.1, -0.05) is 36.9 Å². The van der Waals surface area contributed by atoms with E-state index in [2.05, 4.69) is 15.6 Å². The van der Waals surface area contributed by atoms with E-state index in [1.165, 1.54) is 14.1 Å². The largest absolute Gasteiger partial charge is 0.460 e. The summed E-state index contributed by atoms with van der Waals surface area (Å²) >= 11 is 0.942. The molecule has 3 rings (SSSR count). The summed E-state index contributed by atoms with van der Waals surface area (Å²) < 4.78 is 7.77. The zero-order chi connectivity index (χ0) is 20.3. The van der Waals surface area contributed by atoms with E-state index in [0.717, 1.165) is 43.3 Å². The molecule has 0 atom stereocenters. The second-order valence-corrected chi connectivity index (χ2v) is 6.91. The van der Waals surface area contributed by atoms with E-state index >= 15 is 0 Å². The van der Waals surface area contributed by atoms with Crippen LogP contribution < -0.4 is 16.7 Å². The first-order chi connectivity index (χ1) is 13.4. The van der Waals surface area contributed by atoms with Crippen LogP contribution in [0, 0.1) is 0 Å². The zero-order valence-electron chi connectivity index (χ0n) is 15.6. The van der Waals surface area contributed by atoms with Crippen LogP contribution in [0.4, 0.5) is 0 Å². The molecule has 0 saturated carbocycles. The highest BCUT2D eigenvalue weighted by atomic mass is 32.2. The van der Waals surface area contributed by atoms with Crippen molar-refractivity contribution in [1.82, 2.24) is 19.8 Å². The molecule has 2 heterocycles. The van der Waals surface area contributed by atoms with Gasteiger partial charge in [0.1, 0.15) is 11.3 Å². The molecule has 1 amide bonds. The number of hydrogen-bond donors (Lipinski definition) is 1. The van der Waals surface area contributed by atoms with E-state index in [1.54, 1.807) is 6.21 Å². The van der Waals surface area contributed by atoms with Gasteiger partial charge < -0.3 is 4.42 Å². The van der Waals surface area contributed by atoms with Crippen LogP contribution in [0.15, 0.2) is 48.4 Å². The first kappa shape index (κ1) is 19.6. The summed E-state index contributed by atoms with van der Waals surface area (Å²) in [5.41, 5.74) is 2.95. The minimum atomic E-state index is -0.540. The Labute approximate surface area is 164 Å². The van der Waals surface area contributed by atoms with Gasteiger partial charge in [0.05, 0.1) is 12.0 Å². The SMILES string of the molecule is CCc1oc2ccccc2c1/C=N\NC(=O)CSc1nn(C)c(=O)n(C)c1=O. The van der Waals surface area contributed by atoms with Crippen LogP contribution in [-0.2, 0) is 25.3 Å². The maximum Gasteiger partial charge on any atom is 0.346 e. The average Bonchev–Trinajstić information content (AvgIpc) is 3.06. The zero-order valence-corrected chi connectivity index (χ0v) is 16.4. The second-order valence-electron chi connectivity index (χ2n) is 5.95. The summed E-state index contributed by atoms with van der Waals surface area (Å²) in [5, 5.41) is 8.87. The fourth-order valence-corrected chi connectivity index (χ4v) is 3.39. The summed E-state index contributed by atoms with van der Waals surface area (Å²) in [5.74, 6) is 0.321. The molecule has 1 N–H and O–H groups in total. The maximum absolute atomic E-state index is 12.0. The molecule has 9 nitrogen and oxygen atoms in total. The molecule has 0 spiro atoms. The summed E-state index contributed by atoms with van der Waals surface area (Å²) in [7, 11) is 2.80. The molecule has 0 aliphatic carbocycles. The minimum absolute atomic E-state index is 0.0649. The lowest BCUT2D eigenvalue weighted by Crippen LogP contribution is -2.39. The number of rotatable bonds is 6. The summed E-state index contributed by atoms with van der Waals surface area (Å²) in [6.07, 6.45) is 2.25. The van der Waals surface area contributed by atoms with E-state index in [0.29, 0.717) is 6.42 Å². The van der Waals surface area contributed by atoms with Gasteiger partial charge in [0.15, 0.2) is 5.03 Å². The molecule has 0 aliphatic heterocycles. The van der Waals surface area contributed by atoms with Crippen LogP contribution in [-0.4, -0.2) is 32.2 Å². The highest BCUT2D eigenvalue weighted by molar-refractivity contribution is 7.99. The number of fused-ring (bicyclic) bond motifs is 1. The highest BCUT2D eigenvalue weighted by Crippen LogP contribution is 2.24. The number of nitrogens with one attached hydrogen (secondary N) is 1. The van der Waals surface area contributed by atoms with E-state index in [4.69, 9.17) is 4.42 Å². The molecule has 0 radical (unpaired) electrons. The Morgan fingerprint density at radius 1 is 1.32 bits per heavy atom. The lowest BCUT2D eigenvalue weighted by molar-refractivity contribution is -0.118. The lowest BCUT2D eigenvalue weighted by atomic mass is 10.1. The number of amides is 1. The Morgan fingerprint density at radius 3 is 2.82 bits per heavy atom. The van der Waals surface area contributed by atoms with Crippen molar-refractivity contribution in [2.75, 3.05) is 5.75 Å². The van der Waals surface area contributed by atoms with E-state index in [-0.39, 0.29) is 10.8 Å². The monoisotopic (exact) mass is 401 g/mol. The molecule has 0 saturated heterocycles. The third-order valence-corrected chi connectivity index (χ3v) is 4.98. The fourth-order valence-electron chi connectivity index (χ4n) is 2.62. The van der Waals surface area contributed by atoms with Gasteiger partial charge in [-0.15, -0.1) is 0 Å².